The van der Waals surface area contributed by atoms with Crippen LogP contribution in [0.15, 0.2) is 18.2 Å². The van der Waals surface area contributed by atoms with E-state index in [0.29, 0.717) is 11.9 Å². The van der Waals surface area contributed by atoms with Crippen LogP contribution in [0, 0.1) is 5.95 Å². The van der Waals surface area contributed by atoms with Crippen LogP contribution in [-0.2, 0) is 4.74 Å². The average molecular weight is 250 g/mol. The van der Waals surface area contributed by atoms with E-state index in [2.05, 4.69) is 10.3 Å². The molecule has 1 unspecified atom stereocenters. The van der Waals surface area contributed by atoms with Gasteiger partial charge in [0.05, 0.1) is 5.60 Å². The standard InChI is InChI=1S/C14H19FN2O/c15-12-4-3-5-13(17-12)16-11-6-9-18-14(10-11)7-1-2-8-14/h3-5,11H,1-2,6-10H2,(H,16,17). The zero-order valence-electron chi connectivity index (χ0n) is 10.5. The van der Waals surface area contributed by atoms with Crippen molar-refractivity contribution in [2.75, 3.05) is 11.9 Å². The molecule has 1 aliphatic heterocycles. The van der Waals surface area contributed by atoms with Crippen molar-refractivity contribution in [3.05, 3.63) is 24.1 Å². The largest absolute Gasteiger partial charge is 0.375 e. The first-order chi connectivity index (χ1) is 8.76. The fraction of sp³-hybridized carbons (Fsp3) is 0.643. The Morgan fingerprint density at radius 2 is 2.17 bits per heavy atom. The van der Waals surface area contributed by atoms with E-state index < -0.39 is 5.95 Å². The number of hydrogen-bond acceptors (Lipinski definition) is 3. The first-order valence-corrected chi connectivity index (χ1v) is 6.79. The van der Waals surface area contributed by atoms with Crippen LogP contribution in [0.5, 0.6) is 0 Å². The van der Waals surface area contributed by atoms with Crippen molar-refractivity contribution < 1.29 is 9.13 Å². The minimum Gasteiger partial charge on any atom is -0.375 e. The Morgan fingerprint density at radius 3 is 2.94 bits per heavy atom. The molecular weight excluding hydrogens is 231 g/mol. The van der Waals surface area contributed by atoms with E-state index in [0.717, 1.165) is 19.4 Å². The molecule has 98 valence electrons. The third kappa shape index (κ3) is 2.48. The molecule has 18 heavy (non-hydrogen) atoms. The van der Waals surface area contributed by atoms with E-state index in [1.54, 1.807) is 6.07 Å². The van der Waals surface area contributed by atoms with Gasteiger partial charge in [0.2, 0.25) is 5.95 Å². The molecule has 0 radical (unpaired) electrons. The molecule has 3 nitrogen and oxygen atoms in total. The summed E-state index contributed by atoms with van der Waals surface area (Å²) in [5, 5.41) is 3.34. The topological polar surface area (TPSA) is 34.1 Å². The van der Waals surface area contributed by atoms with Gasteiger partial charge in [-0.05, 0) is 37.8 Å². The van der Waals surface area contributed by atoms with E-state index in [1.165, 1.54) is 31.7 Å². The van der Waals surface area contributed by atoms with E-state index in [4.69, 9.17) is 4.74 Å². The van der Waals surface area contributed by atoms with E-state index in [9.17, 15) is 4.39 Å². The zero-order valence-corrected chi connectivity index (χ0v) is 10.5. The quantitative estimate of drug-likeness (QED) is 0.819. The number of rotatable bonds is 2. The van der Waals surface area contributed by atoms with Crippen LogP contribution in [0.1, 0.15) is 38.5 Å². The maximum absolute atomic E-state index is 13.0. The van der Waals surface area contributed by atoms with Gasteiger partial charge in [0.15, 0.2) is 0 Å². The molecular formula is C14H19FN2O. The summed E-state index contributed by atoms with van der Waals surface area (Å²) in [6.07, 6.45) is 6.87. The summed E-state index contributed by atoms with van der Waals surface area (Å²) in [5.74, 6) is 0.206. The summed E-state index contributed by atoms with van der Waals surface area (Å²) in [7, 11) is 0. The summed E-state index contributed by atoms with van der Waals surface area (Å²) in [6, 6.07) is 5.23. The monoisotopic (exact) mass is 250 g/mol. The smallest absolute Gasteiger partial charge is 0.214 e. The second-order valence-electron chi connectivity index (χ2n) is 5.42. The lowest BCUT2D eigenvalue weighted by molar-refractivity contribution is -0.0767. The first kappa shape index (κ1) is 11.9. The molecule has 1 N–H and O–H groups in total. The summed E-state index contributed by atoms with van der Waals surface area (Å²) >= 11 is 0. The van der Waals surface area contributed by atoms with Crippen molar-refractivity contribution in [3.8, 4) is 0 Å². The second kappa shape index (κ2) is 4.84. The van der Waals surface area contributed by atoms with Crippen LogP contribution < -0.4 is 5.32 Å². The van der Waals surface area contributed by atoms with E-state index >= 15 is 0 Å². The number of halogens is 1. The molecule has 0 amide bonds. The molecule has 1 aromatic heterocycles. The van der Waals surface area contributed by atoms with Crippen LogP contribution >= 0.6 is 0 Å². The predicted molar refractivity (Wildman–Crippen MR) is 68.0 cm³/mol. The van der Waals surface area contributed by atoms with Crippen molar-refractivity contribution in [2.24, 2.45) is 0 Å². The summed E-state index contributed by atoms with van der Waals surface area (Å²) in [5.41, 5.74) is 0.0865. The normalized spacial score (nSPS) is 26.4. The van der Waals surface area contributed by atoms with Crippen LogP contribution in [-0.4, -0.2) is 23.2 Å². The zero-order chi connectivity index (χ0) is 12.4. The lowest BCUT2D eigenvalue weighted by atomic mass is 9.89. The van der Waals surface area contributed by atoms with Gasteiger partial charge in [0.1, 0.15) is 5.82 Å². The van der Waals surface area contributed by atoms with Gasteiger partial charge in [-0.25, -0.2) is 4.98 Å². The Bertz CT molecular complexity index is 418. The minimum atomic E-state index is -0.428. The molecule has 2 aliphatic rings. The van der Waals surface area contributed by atoms with Gasteiger partial charge in [-0.2, -0.15) is 4.39 Å². The molecule has 1 atom stereocenters. The average Bonchev–Trinajstić information content (AvgIpc) is 2.77. The number of ether oxygens (including phenoxy) is 1. The number of anilines is 1. The minimum absolute atomic E-state index is 0.0865. The summed E-state index contributed by atoms with van der Waals surface area (Å²) in [6.45, 7) is 0.799. The molecule has 1 aromatic rings. The highest BCUT2D eigenvalue weighted by Crippen LogP contribution is 2.40. The van der Waals surface area contributed by atoms with Gasteiger partial charge in [0.25, 0.3) is 0 Å². The van der Waals surface area contributed by atoms with Crippen LogP contribution in [0.25, 0.3) is 0 Å². The van der Waals surface area contributed by atoms with Gasteiger partial charge in [-0.1, -0.05) is 18.9 Å². The van der Waals surface area contributed by atoms with Gasteiger partial charge in [0, 0.05) is 12.6 Å². The third-order valence-electron chi connectivity index (χ3n) is 4.07. The SMILES string of the molecule is Fc1cccc(NC2CCOC3(CCCC3)C2)n1. The van der Waals surface area contributed by atoms with Crippen molar-refractivity contribution in [1.29, 1.82) is 0 Å². The van der Waals surface area contributed by atoms with Crippen molar-refractivity contribution in [1.82, 2.24) is 4.98 Å². The number of nitrogens with one attached hydrogen (secondary N) is 1. The Balaban J connectivity index is 1.66. The van der Waals surface area contributed by atoms with Crippen LogP contribution in [0.2, 0.25) is 0 Å². The Labute approximate surface area is 107 Å². The Kier molecular flexibility index (Phi) is 3.20. The number of pyridine rings is 1. The lowest BCUT2D eigenvalue weighted by Crippen LogP contribution is -2.42. The molecule has 2 fully saturated rings. The number of hydrogen-bond donors (Lipinski definition) is 1. The molecule has 1 spiro atoms. The van der Waals surface area contributed by atoms with Gasteiger partial charge in [-0.15, -0.1) is 0 Å². The molecule has 0 aromatic carbocycles. The first-order valence-electron chi connectivity index (χ1n) is 6.79. The number of nitrogens with zero attached hydrogens (tertiary/aromatic N) is 1. The summed E-state index contributed by atoms with van der Waals surface area (Å²) < 4.78 is 19.0. The fourth-order valence-corrected chi connectivity index (χ4v) is 3.22. The maximum Gasteiger partial charge on any atom is 0.214 e. The highest BCUT2D eigenvalue weighted by atomic mass is 19.1. The fourth-order valence-electron chi connectivity index (χ4n) is 3.22. The Morgan fingerprint density at radius 1 is 1.33 bits per heavy atom. The van der Waals surface area contributed by atoms with Gasteiger partial charge >= 0.3 is 0 Å². The van der Waals surface area contributed by atoms with Gasteiger partial charge in [-0.3, -0.25) is 0 Å². The summed E-state index contributed by atoms with van der Waals surface area (Å²) in [4.78, 5) is 3.86. The van der Waals surface area contributed by atoms with E-state index in [1.807, 2.05) is 6.07 Å². The van der Waals surface area contributed by atoms with Crippen molar-refractivity contribution >= 4 is 5.82 Å². The third-order valence-corrected chi connectivity index (χ3v) is 4.07. The highest BCUT2D eigenvalue weighted by Gasteiger charge is 2.39. The van der Waals surface area contributed by atoms with Crippen molar-refractivity contribution in [3.63, 3.8) is 0 Å². The van der Waals surface area contributed by atoms with E-state index in [-0.39, 0.29) is 5.60 Å². The molecule has 3 rings (SSSR count). The molecule has 4 heteroatoms. The number of aromatic nitrogens is 1. The van der Waals surface area contributed by atoms with Crippen LogP contribution in [0.3, 0.4) is 0 Å². The maximum atomic E-state index is 13.0. The lowest BCUT2D eigenvalue weighted by Gasteiger charge is -2.38. The second-order valence-corrected chi connectivity index (χ2v) is 5.42. The molecule has 0 bridgehead atoms. The highest BCUT2D eigenvalue weighted by molar-refractivity contribution is 5.35. The van der Waals surface area contributed by atoms with Gasteiger partial charge < -0.3 is 10.1 Å². The van der Waals surface area contributed by atoms with Crippen LogP contribution in [0.4, 0.5) is 10.2 Å². The Hall–Kier alpha value is -1.16. The molecule has 1 saturated carbocycles. The molecule has 1 aliphatic carbocycles. The predicted octanol–water partition coefficient (Wildman–Crippen LogP) is 3.12. The van der Waals surface area contributed by atoms with Crippen molar-refractivity contribution in [2.45, 2.75) is 50.2 Å². The molecule has 2 heterocycles. The molecule has 1 saturated heterocycles.